The molecule has 0 spiro atoms. The summed E-state index contributed by atoms with van der Waals surface area (Å²) in [5, 5.41) is 121. The van der Waals surface area contributed by atoms with Gasteiger partial charge in [0.25, 0.3) is 0 Å². The van der Waals surface area contributed by atoms with Crippen LogP contribution in [0.25, 0.3) is 0 Å². The Bertz CT molecular complexity index is 1900. The molecule has 12 N–H and O–H groups in total. The van der Waals surface area contributed by atoms with E-state index < -0.39 is 124 Å². The van der Waals surface area contributed by atoms with Gasteiger partial charge in [0.2, 0.25) is 5.91 Å². The Hall–Kier alpha value is -2.77. The summed E-state index contributed by atoms with van der Waals surface area (Å²) >= 11 is 0. The first-order chi connectivity index (χ1) is 43.3. The van der Waals surface area contributed by atoms with Gasteiger partial charge in [0, 0.05) is 6.42 Å². The molecule has 19 heteroatoms. The average molecular weight is 1270 g/mol. The largest absolute Gasteiger partial charge is 0.394 e. The summed E-state index contributed by atoms with van der Waals surface area (Å²) < 4.78 is 34.4. The molecule has 0 saturated carbocycles. The third kappa shape index (κ3) is 33.8. The number of aliphatic hydroxyl groups excluding tert-OH is 11. The van der Waals surface area contributed by atoms with E-state index in [1.807, 2.05) is 0 Å². The minimum atomic E-state index is -1.97. The highest BCUT2D eigenvalue weighted by atomic mass is 16.8. The van der Waals surface area contributed by atoms with Crippen molar-refractivity contribution in [2.75, 3.05) is 26.4 Å². The molecule has 17 unspecified atom stereocenters. The van der Waals surface area contributed by atoms with E-state index in [1.54, 1.807) is 0 Å². The lowest BCUT2D eigenvalue weighted by molar-refractivity contribution is -0.379. The third-order valence-corrected chi connectivity index (χ3v) is 17.0. The maximum atomic E-state index is 13.4. The van der Waals surface area contributed by atoms with Crippen molar-refractivity contribution in [3.8, 4) is 0 Å². The van der Waals surface area contributed by atoms with Gasteiger partial charge in [0.1, 0.15) is 73.2 Å². The summed E-state index contributed by atoms with van der Waals surface area (Å²) in [5.74, 6) is -0.248. The summed E-state index contributed by atoms with van der Waals surface area (Å²) in [5.41, 5.74) is 0. The quantitative estimate of drug-likeness (QED) is 0.0200. The molecule has 3 aliphatic heterocycles. The van der Waals surface area contributed by atoms with Crippen molar-refractivity contribution in [2.24, 2.45) is 0 Å². The SMILES string of the molecule is CC/C=C\C/C=C\C/C=C\C/C=C\C/C=C\C/C=C\CCCCCCCCCCCCCCC(=O)NC(COC1OC(CO)C(OC2OC(CO)C(OC3OC(CO)C(O)C(O)C3O)C(O)C2O)C(O)C1O)C(O)CCCCCCCCCCCCCCC. The molecule has 1 amide bonds. The van der Waals surface area contributed by atoms with Crippen molar-refractivity contribution in [3.05, 3.63) is 72.9 Å². The van der Waals surface area contributed by atoms with Crippen LogP contribution < -0.4 is 5.32 Å². The number of ether oxygens (including phenoxy) is 6. The van der Waals surface area contributed by atoms with Crippen LogP contribution in [0.4, 0.5) is 0 Å². The average Bonchev–Trinajstić information content (AvgIpc) is 1.92. The van der Waals surface area contributed by atoms with Gasteiger partial charge in [-0.1, -0.05) is 234 Å². The van der Waals surface area contributed by atoms with E-state index in [2.05, 4.69) is 92.1 Å². The number of carbonyl (C=O) groups is 1. The molecule has 3 saturated heterocycles. The normalized spacial score (nSPS) is 28.7. The minimum absolute atomic E-state index is 0.248. The zero-order chi connectivity index (χ0) is 64.7. The molecule has 3 fully saturated rings. The number of aliphatic hydroxyl groups is 11. The van der Waals surface area contributed by atoms with E-state index in [1.165, 1.54) is 109 Å². The summed E-state index contributed by atoms with van der Waals surface area (Å²) in [6, 6.07) is -0.891. The molecule has 0 aromatic rings. The van der Waals surface area contributed by atoms with Gasteiger partial charge in [-0.05, 0) is 64.2 Å². The fourth-order valence-electron chi connectivity index (χ4n) is 11.4. The number of allylic oxidation sites excluding steroid dienone is 12. The monoisotopic (exact) mass is 1270 g/mol. The van der Waals surface area contributed by atoms with Crippen molar-refractivity contribution in [2.45, 2.75) is 336 Å². The minimum Gasteiger partial charge on any atom is -0.394 e. The van der Waals surface area contributed by atoms with Gasteiger partial charge < -0.3 is 89.9 Å². The molecule has 89 heavy (non-hydrogen) atoms. The summed E-state index contributed by atoms with van der Waals surface area (Å²) in [6.07, 6.45) is 37.0. The van der Waals surface area contributed by atoms with E-state index >= 15 is 0 Å². The maximum absolute atomic E-state index is 13.4. The molecular weight excluding hydrogens is 1140 g/mol. The van der Waals surface area contributed by atoms with E-state index in [0.717, 1.165) is 89.9 Å². The molecule has 19 nitrogen and oxygen atoms in total. The van der Waals surface area contributed by atoms with E-state index in [-0.39, 0.29) is 18.9 Å². The second-order valence-corrected chi connectivity index (χ2v) is 24.6. The van der Waals surface area contributed by atoms with Gasteiger partial charge in [-0.2, -0.15) is 0 Å². The first-order valence-electron chi connectivity index (χ1n) is 34.7. The number of nitrogens with one attached hydrogen (secondary N) is 1. The van der Waals surface area contributed by atoms with Crippen LogP contribution in [0.15, 0.2) is 72.9 Å². The first-order valence-corrected chi connectivity index (χ1v) is 34.7. The van der Waals surface area contributed by atoms with Crippen molar-refractivity contribution in [3.63, 3.8) is 0 Å². The molecule has 3 aliphatic rings. The first kappa shape index (κ1) is 80.5. The molecular formula is C70H123NO18. The number of unbranched alkanes of at least 4 members (excludes halogenated alkanes) is 24. The van der Waals surface area contributed by atoms with Gasteiger partial charge in [-0.3, -0.25) is 4.79 Å². The molecule has 0 bridgehead atoms. The Morgan fingerprint density at radius 3 is 1.21 bits per heavy atom. The van der Waals surface area contributed by atoms with E-state index in [0.29, 0.717) is 12.8 Å². The Morgan fingerprint density at radius 2 is 0.775 bits per heavy atom. The predicted octanol–water partition coefficient (Wildman–Crippen LogP) is 8.94. The van der Waals surface area contributed by atoms with E-state index in [4.69, 9.17) is 28.4 Å². The van der Waals surface area contributed by atoms with Gasteiger partial charge in [-0.15, -0.1) is 0 Å². The molecule has 0 aliphatic carbocycles. The highest BCUT2D eigenvalue weighted by Crippen LogP contribution is 2.33. The summed E-state index contributed by atoms with van der Waals surface area (Å²) in [6.45, 7) is 1.67. The highest BCUT2D eigenvalue weighted by molar-refractivity contribution is 5.76. The van der Waals surface area contributed by atoms with Gasteiger partial charge in [0.05, 0.1) is 38.6 Å². The van der Waals surface area contributed by atoms with Gasteiger partial charge in [0.15, 0.2) is 18.9 Å². The standard InChI is InChI=1S/C70H123NO18/c1-3-5-7-9-11-13-15-17-18-19-20-21-22-23-24-25-26-27-28-29-30-31-32-33-34-36-38-40-42-44-46-48-58(76)71-53(54(75)47-45-43-41-39-37-35-16-14-12-10-8-6-4-2)52-84-68-64(82)61(79)66(56(50-73)86-68)89-70-65(83)62(80)67(57(51-74)87-70)88-69-63(81)60(78)59(77)55(49-72)85-69/h5,7,11,13,17-18,20-21,23-24,26-27,53-57,59-70,72-75,77-83H,3-4,6,8-10,12,14-16,19,22,25,28-52H2,1-2H3,(H,71,76)/b7-5-,13-11-,18-17-,21-20-,24-23-,27-26-. The van der Waals surface area contributed by atoms with Crippen LogP contribution in [0, 0.1) is 0 Å². The summed E-state index contributed by atoms with van der Waals surface area (Å²) in [4.78, 5) is 13.4. The van der Waals surface area contributed by atoms with Gasteiger partial charge in [-0.25, -0.2) is 0 Å². The lowest BCUT2D eigenvalue weighted by Crippen LogP contribution is -2.66. The zero-order valence-electron chi connectivity index (χ0n) is 54.4. The molecule has 3 heterocycles. The molecule has 3 rings (SSSR count). The summed E-state index contributed by atoms with van der Waals surface area (Å²) in [7, 11) is 0. The second kappa shape index (κ2) is 51.6. The Morgan fingerprint density at radius 1 is 0.416 bits per heavy atom. The Kier molecular flexibility index (Phi) is 46.7. The molecule has 516 valence electrons. The fourth-order valence-corrected chi connectivity index (χ4v) is 11.4. The highest BCUT2D eigenvalue weighted by Gasteiger charge is 2.53. The molecule has 17 atom stereocenters. The van der Waals surface area contributed by atoms with Crippen LogP contribution in [0.2, 0.25) is 0 Å². The van der Waals surface area contributed by atoms with Crippen LogP contribution in [0.3, 0.4) is 0 Å². The zero-order valence-corrected chi connectivity index (χ0v) is 54.4. The van der Waals surface area contributed by atoms with Crippen LogP contribution in [-0.2, 0) is 33.2 Å². The number of amides is 1. The maximum Gasteiger partial charge on any atom is 0.220 e. The molecule has 0 radical (unpaired) electrons. The molecule has 0 aromatic heterocycles. The van der Waals surface area contributed by atoms with Crippen molar-refractivity contribution >= 4 is 5.91 Å². The second-order valence-electron chi connectivity index (χ2n) is 24.6. The number of carbonyl (C=O) groups excluding carboxylic acids is 1. The van der Waals surface area contributed by atoms with Crippen molar-refractivity contribution in [1.29, 1.82) is 0 Å². The van der Waals surface area contributed by atoms with E-state index in [9.17, 15) is 61.0 Å². The smallest absolute Gasteiger partial charge is 0.220 e. The third-order valence-electron chi connectivity index (χ3n) is 17.0. The van der Waals surface area contributed by atoms with Crippen LogP contribution >= 0.6 is 0 Å². The van der Waals surface area contributed by atoms with Crippen molar-refractivity contribution < 1.29 is 89.4 Å². The number of rotatable bonds is 52. The molecule has 0 aromatic carbocycles. The van der Waals surface area contributed by atoms with Crippen LogP contribution in [0.1, 0.15) is 232 Å². The topological polar surface area (TPSA) is 307 Å². The predicted molar refractivity (Wildman–Crippen MR) is 346 cm³/mol. The lowest BCUT2D eigenvalue weighted by Gasteiger charge is -2.48. The van der Waals surface area contributed by atoms with Crippen LogP contribution in [-0.4, -0.2) is 193 Å². The van der Waals surface area contributed by atoms with Crippen LogP contribution in [0.5, 0.6) is 0 Å². The Labute approximate surface area is 534 Å². The number of hydrogen-bond donors (Lipinski definition) is 12. The van der Waals surface area contributed by atoms with Gasteiger partial charge >= 0.3 is 0 Å². The Balaban J connectivity index is 1.38. The fraction of sp³-hybridized carbons (Fsp3) is 0.814. The van der Waals surface area contributed by atoms with Crippen molar-refractivity contribution in [1.82, 2.24) is 5.32 Å². The number of hydrogen-bond acceptors (Lipinski definition) is 18. The lowest BCUT2D eigenvalue weighted by atomic mass is 9.96.